The predicted molar refractivity (Wildman–Crippen MR) is 65.7 cm³/mol. The van der Waals surface area contributed by atoms with E-state index in [1.165, 1.54) is 18.7 Å². The van der Waals surface area contributed by atoms with Gasteiger partial charge in [-0.25, -0.2) is 4.98 Å². The van der Waals surface area contributed by atoms with Gasteiger partial charge in [0.05, 0.1) is 11.9 Å². The lowest BCUT2D eigenvalue weighted by molar-refractivity contribution is 0.420. The van der Waals surface area contributed by atoms with Crippen molar-refractivity contribution in [3.8, 4) is 0 Å². The standard InChI is InChI=1S/C10H12N4O3S/c1-2-11-9-4-3-5-12-10(9)18(15,16)14-8-6-13-17-7-8/h3-7,11,14H,2H2,1H3. The van der Waals surface area contributed by atoms with Crippen LogP contribution >= 0.6 is 0 Å². The molecule has 2 aromatic heterocycles. The molecule has 18 heavy (non-hydrogen) atoms. The van der Waals surface area contributed by atoms with Crippen molar-refractivity contribution in [1.82, 2.24) is 10.1 Å². The van der Waals surface area contributed by atoms with Crippen LogP contribution in [0, 0.1) is 0 Å². The zero-order valence-electron chi connectivity index (χ0n) is 9.62. The quantitative estimate of drug-likeness (QED) is 0.848. The molecule has 2 heterocycles. The summed E-state index contributed by atoms with van der Waals surface area (Å²) >= 11 is 0. The van der Waals surface area contributed by atoms with Gasteiger partial charge in [-0.1, -0.05) is 5.16 Å². The molecule has 0 aromatic carbocycles. The van der Waals surface area contributed by atoms with E-state index in [0.717, 1.165) is 0 Å². The van der Waals surface area contributed by atoms with Crippen LogP contribution in [-0.4, -0.2) is 25.1 Å². The number of sulfonamides is 1. The molecular formula is C10H12N4O3S. The van der Waals surface area contributed by atoms with Crippen molar-refractivity contribution in [3.05, 3.63) is 30.8 Å². The monoisotopic (exact) mass is 268 g/mol. The fourth-order valence-corrected chi connectivity index (χ4v) is 2.53. The van der Waals surface area contributed by atoms with E-state index < -0.39 is 10.0 Å². The highest BCUT2D eigenvalue weighted by Gasteiger charge is 2.20. The van der Waals surface area contributed by atoms with Crippen molar-refractivity contribution in [1.29, 1.82) is 0 Å². The maximum absolute atomic E-state index is 12.1. The van der Waals surface area contributed by atoms with Crippen molar-refractivity contribution in [2.45, 2.75) is 11.9 Å². The molecule has 0 saturated heterocycles. The number of anilines is 2. The Morgan fingerprint density at radius 3 is 2.94 bits per heavy atom. The third kappa shape index (κ3) is 2.59. The van der Waals surface area contributed by atoms with Gasteiger partial charge in [-0.2, -0.15) is 8.42 Å². The largest absolute Gasteiger partial charge is 0.383 e. The van der Waals surface area contributed by atoms with Crippen LogP contribution in [0.15, 0.2) is 40.3 Å². The molecule has 0 spiro atoms. The normalized spacial score (nSPS) is 11.2. The Morgan fingerprint density at radius 1 is 1.44 bits per heavy atom. The second kappa shape index (κ2) is 5.05. The molecule has 2 rings (SSSR count). The molecule has 0 aliphatic heterocycles. The zero-order chi connectivity index (χ0) is 13.0. The number of hydrogen-bond donors (Lipinski definition) is 2. The van der Waals surface area contributed by atoms with E-state index in [1.807, 2.05) is 6.92 Å². The van der Waals surface area contributed by atoms with E-state index in [-0.39, 0.29) is 10.7 Å². The molecule has 2 N–H and O–H groups in total. The molecule has 7 nitrogen and oxygen atoms in total. The highest BCUT2D eigenvalue weighted by atomic mass is 32.2. The number of aromatic nitrogens is 2. The van der Waals surface area contributed by atoms with E-state index in [4.69, 9.17) is 0 Å². The first-order chi connectivity index (χ1) is 8.63. The SMILES string of the molecule is CCNc1cccnc1S(=O)(=O)Nc1cnoc1. The third-order valence-corrected chi connectivity index (χ3v) is 3.42. The van der Waals surface area contributed by atoms with Crippen LogP contribution in [0.2, 0.25) is 0 Å². The number of rotatable bonds is 5. The first kappa shape index (κ1) is 12.4. The Bertz CT molecular complexity index is 610. The van der Waals surface area contributed by atoms with Gasteiger partial charge >= 0.3 is 0 Å². The Hall–Kier alpha value is -2.09. The Morgan fingerprint density at radius 2 is 2.28 bits per heavy atom. The Kier molecular flexibility index (Phi) is 3.47. The minimum Gasteiger partial charge on any atom is -0.383 e. The predicted octanol–water partition coefficient (Wildman–Crippen LogP) is 1.30. The summed E-state index contributed by atoms with van der Waals surface area (Å²) in [5, 5.41) is 6.30. The second-order valence-corrected chi connectivity index (χ2v) is 5.00. The van der Waals surface area contributed by atoms with Gasteiger partial charge in [0, 0.05) is 12.7 Å². The average Bonchev–Trinajstić information content (AvgIpc) is 2.82. The summed E-state index contributed by atoms with van der Waals surface area (Å²) in [4.78, 5) is 3.89. The Labute approximate surface area is 104 Å². The van der Waals surface area contributed by atoms with Crippen molar-refractivity contribution in [2.75, 3.05) is 16.6 Å². The lowest BCUT2D eigenvalue weighted by Gasteiger charge is -2.10. The summed E-state index contributed by atoms with van der Waals surface area (Å²) < 4.78 is 31.1. The maximum atomic E-state index is 12.1. The Balaban J connectivity index is 2.35. The first-order valence-electron chi connectivity index (χ1n) is 5.24. The van der Waals surface area contributed by atoms with Gasteiger partial charge in [0.1, 0.15) is 12.0 Å². The summed E-state index contributed by atoms with van der Waals surface area (Å²) in [5.41, 5.74) is 0.701. The van der Waals surface area contributed by atoms with Crippen LogP contribution in [0.25, 0.3) is 0 Å². The van der Waals surface area contributed by atoms with Crippen LogP contribution < -0.4 is 10.0 Å². The zero-order valence-corrected chi connectivity index (χ0v) is 10.4. The van der Waals surface area contributed by atoms with Crippen molar-refractivity contribution in [2.24, 2.45) is 0 Å². The van der Waals surface area contributed by atoms with Crippen LogP contribution in [0.1, 0.15) is 6.92 Å². The lowest BCUT2D eigenvalue weighted by atomic mass is 10.4. The van der Waals surface area contributed by atoms with Gasteiger partial charge in [0.25, 0.3) is 10.0 Å². The van der Waals surface area contributed by atoms with Gasteiger partial charge in [0.2, 0.25) is 0 Å². The molecule has 0 aliphatic carbocycles. The molecule has 0 radical (unpaired) electrons. The minimum absolute atomic E-state index is 0.0620. The molecule has 0 bridgehead atoms. The molecule has 0 unspecified atom stereocenters. The molecule has 0 fully saturated rings. The first-order valence-corrected chi connectivity index (χ1v) is 6.73. The maximum Gasteiger partial charge on any atom is 0.281 e. The van der Waals surface area contributed by atoms with Crippen LogP contribution in [-0.2, 0) is 10.0 Å². The molecular weight excluding hydrogens is 256 g/mol. The van der Waals surface area contributed by atoms with Crippen LogP contribution in [0.4, 0.5) is 11.4 Å². The van der Waals surface area contributed by atoms with Crippen molar-refractivity contribution >= 4 is 21.4 Å². The third-order valence-electron chi connectivity index (χ3n) is 2.08. The molecule has 0 aliphatic rings. The van der Waals surface area contributed by atoms with Gasteiger partial charge in [-0.15, -0.1) is 0 Å². The van der Waals surface area contributed by atoms with Crippen molar-refractivity contribution < 1.29 is 12.9 Å². The van der Waals surface area contributed by atoms with Gasteiger partial charge in [-0.05, 0) is 19.1 Å². The van der Waals surface area contributed by atoms with Crippen molar-refractivity contribution in [3.63, 3.8) is 0 Å². The van der Waals surface area contributed by atoms with E-state index >= 15 is 0 Å². The van der Waals surface area contributed by atoms with Crippen LogP contribution in [0.5, 0.6) is 0 Å². The molecule has 0 atom stereocenters. The smallest absolute Gasteiger partial charge is 0.281 e. The van der Waals surface area contributed by atoms with E-state index in [9.17, 15) is 8.42 Å². The number of nitrogens with one attached hydrogen (secondary N) is 2. The average molecular weight is 268 g/mol. The van der Waals surface area contributed by atoms with E-state index in [2.05, 4.69) is 24.7 Å². The summed E-state index contributed by atoms with van der Waals surface area (Å²) in [5.74, 6) is 0. The van der Waals surface area contributed by atoms with Gasteiger partial charge in [0.15, 0.2) is 5.03 Å². The van der Waals surface area contributed by atoms with Gasteiger partial charge in [-0.3, -0.25) is 4.72 Å². The van der Waals surface area contributed by atoms with Crippen LogP contribution in [0.3, 0.4) is 0 Å². The summed E-state index contributed by atoms with van der Waals surface area (Å²) in [6.07, 6.45) is 3.89. The molecule has 2 aromatic rings. The van der Waals surface area contributed by atoms with Gasteiger partial charge < -0.3 is 9.84 Å². The molecule has 0 saturated carbocycles. The minimum atomic E-state index is -3.76. The lowest BCUT2D eigenvalue weighted by Crippen LogP contribution is -2.16. The summed E-state index contributed by atoms with van der Waals surface area (Å²) in [7, 11) is -3.76. The highest BCUT2D eigenvalue weighted by molar-refractivity contribution is 7.92. The second-order valence-electron chi connectivity index (χ2n) is 3.41. The number of hydrogen-bond acceptors (Lipinski definition) is 6. The molecule has 96 valence electrons. The van der Waals surface area contributed by atoms with E-state index in [0.29, 0.717) is 12.2 Å². The fraction of sp³-hybridized carbons (Fsp3) is 0.200. The number of nitrogens with zero attached hydrogens (tertiary/aromatic N) is 2. The topological polar surface area (TPSA) is 97.1 Å². The summed E-state index contributed by atoms with van der Waals surface area (Å²) in [6, 6.07) is 3.31. The molecule has 8 heteroatoms. The summed E-state index contributed by atoms with van der Waals surface area (Å²) in [6.45, 7) is 2.47. The van der Waals surface area contributed by atoms with E-state index in [1.54, 1.807) is 12.1 Å². The molecule has 0 amide bonds. The number of pyridine rings is 1. The fourth-order valence-electron chi connectivity index (χ4n) is 1.39. The highest BCUT2D eigenvalue weighted by Crippen LogP contribution is 2.20.